The maximum Gasteiger partial charge on any atom is 0.315 e. The monoisotopic (exact) mass is 356 g/mol. The molecule has 0 fully saturated rings. The van der Waals surface area contributed by atoms with Crippen LogP contribution in [0, 0.1) is 0 Å². The van der Waals surface area contributed by atoms with Crippen LogP contribution in [0.25, 0.3) is 0 Å². The molecule has 2 atom stereocenters. The van der Waals surface area contributed by atoms with Gasteiger partial charge >= 0.3 is 6.03 Å². The second-order valence-electron chi connectivity index (χ2n) is 6.07. The van der Waals surface area contributed by atoms with Crippen LogP contribution in [-0.2, 0) is 0 Å². The van der Waals surface area contributed by atoms with E-state index in [2.05, 4.69) is 10.6 Å². The van der Waals surface area contributed by atoms with Crippen LogP contribution in [0.3, 0.4) is 0 Å². The summed E-state index contributed by atoms with van der Waals surface area (Å²) in [6, 6.07) is 15.1. The average Bonchev–Trinajstić information content (AvgIpc) is 2.63. The molecular formula is C21H28N2O3. The summed E-state index contributed by atoms with van der Waals surface area (Å²) in [4.78, 5) is 12.3. The van der Waals surface area contributed by atoms with Gasteiger partial charge in [0, 0.05) is 0 Å². The van der Waals surface area contributed by atoms with Crippen molar-refractivity contribution in [2.75, 3.05) is 13.2 Å². The Labute approximate surface area is 155 Å². The van der Waals surface area contributed by atoms with Crippen LogP contribution in [0.2, 0.25) is 0 Å². The van der Waals surface area contributed by atoms with Gasteiger partial charge in [0.05, 0.1) is 25.3 Å². The van der Waals surface area contributed by atoms with E-state index >= 15 is 0 Å². The molecule has 0 aliphatic heterocycles. The Hall–Kier alpha value is -2.69. The van der Waals surface area contributed by atoms with Crippen molar-refractivity contribution in [2.24, 2.45) is 0 Å². The van der Waals surface area contributed by atoms with E-state index in [1.165, 1.54) is 0 Å². The number of amides is 2. The minimum absolute atomic E-state index is 0.0989. The van der Waals surface area contributed by atoms with Crippen molar-refractivity contribution >= 4 is 6.03 Å². The zero-order valence-electron chi connectivity index (χ0n) is 15.9. The molecule has 0 saturated heterocycles. The molecule has 0 spiro atoms. The summed E-state index contributed by atoms with van der Waals surface area (Å²) in [7, 11) is 0. The highest BCUT2D eigenvalue weighted by Gasteiger charge is 2.13. The molecule has 140 valence electrons. The zero-order valence-corrected chi connectivity index (χ0v) is 15.9. The molecule has 5 nitrogen and oxygen atoms in total. The summed E-state index contributed by atoms with van der Waals surface area (Å²) in [6.07, 6.45) is 0. The number of hydrogen-bond acceptors (Lipinski definition) is 3. The SMILES string of the molecule is CCOc1ccc(C(C)NC(=O)NC(C)c2ccc(OCC)cc2)cc1. The minimum atomic E-state index is -0.201. The highest BCUT2D eigenvalue weighted by molar-refractivity contribution is 5.75. The highest BCUT2D eigenvalue weighted by atomic mass is 16.5. The van der Waals surface area contributed by atoms with Gasteiger partial charge in [0.15, 0.2) is 0 Å². The lowest BCUT2D eigenvalue weighted by Gasteiger charge is -2.19. The molecule has 2 N–H and O–H groups in total. The molecule has 2 aromatic carbocycles. The summed E-state index contributed by atoms with van der Waals surface area (Å²) in [5.74, 6) is 1.66. The lowest BCUT2D eigenvalue weighted by atomic mass is 10.1. The summed E-state index contributed by atoms with van der Waals surface area (Å²) in [5.41, 5.74) is 2.05. The van der Waals surface area contributed by atoms with E-state index in [9.17, 15) is 4.79 Å². The molecule has 5 heteroatoms. The third-order valence-corrected chi connectivity index (χ3v) is 4.08. The molecule has 2 aromatic rings. The van der Waals surface area contributed by atoms with Gasteiger partial charge in [-0.15, -0.1) is 0 Å². The van der Waals surface area contributed by atoms with Crippen LogP contribution in [0.4, 0.5) is 4.79 Å². The Bertz CT molecular complexity index is 624. The molecule has 2 rings (SSSR count). The lowest BCUT2D eigenvalue weighted by Crippen LogP contribution is -2.38. The van der Waals surface area contributed by atoms with Crippen LogP contribution in [0.1, 0.15) is 50.9 Å². The molecule has 0 heterocycles. The van der Waals surface area contributed by atoms with Crippen LogP contribution in [0.5, 0.6) is 11.5 Å². The molecule has 0 aromatic heterocycles. The van der Waals surface area contributed by atoms with Crippen LogP contribution < -0.4 is 20.1 Å². The van der Waals surface area contributed by atoms with Gasteiger partial charge < -0.3 is 20.1 Å². The Kier molecular flexibility index (Phi) is 7.33. The van der Waals surface area contributed by atoms with Crippen LogP contribution in [-0.4, -0.2) is 19.2 Å². The highest BCUT2D eigenvalue weighted by Crippen LogP contribution is 2.19. The van der Waals surface area contributed by atoms with Gasteiger partial charge in [0.2, 0.25) is 0 Å². The number of urea groups is 1. The number of carbonyl (C=O) groups is 1. The molecular weight excluding hydrogens is 328 g/mol. The maximum absolute atomic E-state index is 12.3. The summed E-state index contributed by atoms with van der Waals surface area (Å²) < 4.78 is 10.9. The van der Waals surface area contributed by atoms with Crippen molar-refractivity contribution in [3.05, 3.63) is 59.7 Å². The molecule has 0 bridgehead atoms. The first-order valence-electron chi connectivity index (χ1n) is 9.06. The van der Waals surface area contributed by atoms with Crippen molar-refractivity contribution in [1.82, 2.24) is 10.6 Å². The van der Waals surface area contributed by atoms with Crippen LogP contribution >= 0.6 is 0 Å². The van der Waals surface area contributed by atoms with E-state index < -0.39 is 0 Å². The normalized spacial score (nSPS) is 12.8. The first-order valence-corrected chi connectivity index (χ1v) is 9.06. The fourth-order valence-electron chi connectivity index (χ4n) is 2.64. The van der Waals surface area contributed by atoms with Gasteiger partial charge in [-0.05, 0) is 63.1 Å². The molecule has 0 radical (unpaired) electrons. The third-order valence-electron chi connectivity index (χ3n) is 4.08. The summed E-state index contributed by atoms with van der Waals surface area (Å²) >= 11 is 0. The summed E-state index contributed by atoms with van der Waals surface area (Å²) in [6.45, 7) is 9.09. The number of rotatable bonds is 8. The Morgan fingerprint density at radius 2 is 1.12 bits per heavy atom. The predicted molar refractivity (Wildman–Crippen MR) is 104 cm³/mol. The van der Waals surface area contributed by atoms with Crippen molar-refractivity contribution in [3.63, 3.8) is 0 Å². The quantitative estimate of drug-likeness (QED) is 0.726. The Morgan fingerprint density at radius 1 is 0.769 bits per heavy atom. The van der Waals surface area contributed by atoms with Gasteiger partial charge in [-0.2, -0.15) is 0 Å². The second kappa shape index (κ2) is 9.70. The Morgan fingerprint density at radius 3 is 1.42 bits per heavy atom. The summed E-state index contributed by atoms with van der Waals surface area (Å²) in [5, 5.41) is 5.93. The van der Waals surface area contributed by atoms with E-state index in [0.717, 1.165) is 22.6 Å². The predicted octanol–water partition coefficient (Wildman–Crippen LogP) is 4.61. The first kappa shape index (κ1) is 19.6. The number of carbonyl (C=O) groups excluding carboxylic acids is 1. The molecule has 26 heavy (non-hydrogen) atoms. The molecule has 0 aliphatic rings. The first-order chi connectivity index (χ1) is 12.5. The van der Waals surface area contributed by atoms with E-state index in [-0.39, 0.29) is 18.1 Å². The second-order valence-corrected chi connectivity index (χ2v) is 6.07. The fourth-order valence-corrected chi connectivity index (χ4v) is 2.64. The van der Waals surface area contributed by atoms with E-state index in [1.54, 1.807) is 0 Å². The van der Waals surface area contributed by atoms with Crippen LogP contribution in [0.15, 0.2) is 48.5 Å². The maximum atomic E-state index is 12.3. The molecule has 0 saturated carbocycles. The number of hydrogen-bond donors (Lipinski definition) is 2. The minimum Gasteiger partial charge on any atom is -0.494 e. The van der Waals surface area contributed by atoms with Gasteiger partial charge in [0.25, 0.3) is 0 Å². The van der Waals surface area contributed by atoms with E-state index in [1.807, 2.05) is 76.2 Å². The van der Waals surface area contributed by atoms with Gasteiger partial charge in [0.1, 0.15) is 11.5 Å². The van der Waals surface area contributed by atoms with E-state index in [4.69, 9.17) is 9.47 Å². The molecule has 2 unspecified atom stereocenters. The smallest absolute Gasteiger partial charge is 0.315 e. The van der Waals surface area contributed by atoms with Crippen molar-refractivity contribution in [1.29, 1.82) is 0 Å². The van der Waals surface area contributed by atoms with Gasteiger partial charge in [-0.1, -0.05) is 24.3 Å². The lowest BCUT2D eigenvalue weighted by molar-refractivity contribution is 0.235. The largest absolute Gasteiger partial charge is 0.494 e. The van der Waals surface area contributed by atoms with Crippen molar-refractivity contribution in [2.45, 2.75) is 39.8 Å². The number of ether oxygens (including phenoxy) is 2. The van der Waals surface area contributed by atoms with Crippen molar-refractivity contribution < 1.29 is 14.3 Å². The third kappa shape index (κ3) is 5.69. The standard InChI is InChI=1S/C21H28N2O3/c1-5-25-19-11-7-17(8-12-19)15(3)22-21(24)23-16(4)18-9-13-20(14-10-18)26-6-2/h7-16H,5-6H2,1-4H3,(H2,22,23,24). The van der Waals surface area contributed by atoms with Crippen molar-refractivity contribution in [3.8, 4) is 11.5 Å². The molecule has 2 amide bonds. The van der Waals surface area contributed by atoms with Gasteiger partial charge in [-0.3, -0.25) is 0 Å². The molecule has 0 aliphatic carbocycles. The van der Waals surface area contributed by atoms with E-state index in [0.29, 0.717) is 13.2 Å². The number of benzene rings is 2. The zero-order chi connectivity index (χ0) is 18.9. The van der Waals surface area contributed by atoms with Gasteiger partial charge in [-0.25, -0.2) is 4.79 Å². The fraction of sp³-hybridized carbons (Fsp3) is 0.381. The average molecular weight is 356 g/mol. The number of nitrogens with one attached hydrogen (secondary N) is 2. The topological polar surface area (TPSA) is 59.6 Å². The Balaban J connectivity index is 1.88.